The highest BCUT2D eigenvalue weighted by atomic mass is 16.5. The van der Waals surface area contributed by atoms with E-state index in [4.69, 9.17) is 4.74 Å². The third-order valence-corrected chi connectivity index (χ3v) is 4.94. The highest BCUT2D eigenvalue weighted by molar-refractivity contribution is 5.97. The zero-order chi connectivity index (χ0) is 17.6. The molecule has 0 saturated carbocycles. The topological polar surface area (TPSA) is 61.9 Å². The quantitative estimate of drug-likeness (QED) is 0.904. The fourth-order valence-electron chi connectivity index (χ4n) is 3.29. The summed E-state index contributed by atoms with van der Waals surface area (Å²) in [6.45, 7) is 7.11. The number of morpholine rings is 1. The first kappa shape index (κ1) is 17.9. The van der Waals surface area contributed by atoms with Gasteiger partial charge in [-0.25, -0.2) is 0 Å². The summed E-state index contributed by atoms with van der Waals surface area (Å²) >= 11 is 0. The van der Waals surface area contributed by atoms with Crippen molar-refractivity contribution in [3.8, 4) is 0 Å². The Morgan fingerprint density at radius 3 is 2.60 bits per heavy atom. The fourth-order valence-corrected chi connectivity index (χ4v) is 3.29. The maximum atomic E-state index is 12.7. The molecule has 25 heavy (non-hydrogen) atoms. The van der Waals surface area contributed by atoms with Crippen LogP contribution in [0.3, 0.4) is 0 Å². The second kappa shape index (κ2) is 8.45. The Balaban J connectivity index is 1.57. The van der Waals surface area contributed by atoms with Crippen molar-refractivity contribution in [2.24, 2.45) is 5.92 Å². The Kier molecular flexibility index (Phi) is 6.04. The van der Waals surface area contributed by atoms with Crippen LogP contribution in [-0.4, -0.2) is 67.6 Å². The lowest BCUT2D eigenvalue weighted by Crippen LogP contribution is -2.41. The molecule has 2 aliphatic rings. The first-order chi connectivity index (χ1) is 12.1. The third-order valence-electron chi connectivity index (χ3n) is 4.94. The van der Waals surface area contributed by atoms with Crippen LogP contribution in [0.1, 0.15) is 30.1 Å². The Hall–Kier alpha value is -1.92. The first-order valence-electron chi connectivity index (χ1n) is 9.11. The average molecular weight is 345 g/mol. The van der Waals surface area contributed by atoms with Crippen molar-refractivity contribution in [3.05, 3.63) is 29.8 Å². The number of nitrogens with one attached hydrogen (secondary N) is 1. The van der Waals surface area contributed by atoms with Gasteiger partial charge in [0.05, 0.1) is 19.8 Å². The van der Waals surface area contributed by atoms with Crippen LogP contribution in [0.25, 0.3) is 0 Å². The van der Waals surface area contributed by atoms with Crippen molar-refractivity contribution >= 4 is 17.5 Å². The normalized spacial score (nSPS) is 19.6. The van der Waals surface area contributed by atoms with Gasteiger partial charge in [0.2, 0.25) is 5.91 Å². The van der Waals surface area contributed by atoms with Gasteiger partial charge >= 0.3 is 0 Å². The van der Waals surface area contributed by atoms with Crippen LogP contribution in [-0.2, 0) is 9.53 Å². The predicted octanol–water partition coefficient (Wildman–Crippen LogP) is 1.83. The molecule has 0 atom stereocenters. The van der Waals surface area contributed by atoms with Gasteiger partial charge < -0.3 is 15.0 Å². The molecule has 136 valence electrons. The number of likely N-dealkylation sites (tertiary alicyclic amines) is 1. The zero-order valence-electron chi connectivity index (χ0n) is 14.9. The van der Waals surface area contributed by atoms with E-state index in [1.165, 1.54) is 0 Å². The molecule has 2 saturated heterocycles. The molecule has 0 radical (unpaired) electrons. The summed E-state index contributed by atoms with van der Waals surface area (Å²) in [4.78, 5) is 28.8. The molecule has 0 spiro atoms. The summed E-state index contributed by atoms with van der Waals surface area (Å²) < 4.78 is 5.29. The summed E-state index contributed by atoms with van der Waals surface area (Å²) in [6, 6.07) is 7.24. The van der Waals surface area contributed by atoms with Crippen molar-refractivity contribution in [1.29, 1.82) is 0 Å². The molecule has 6 heteroatoms. The van der Waals surface area contributed by atoms with Crippen LogP contribution in [0.5, 0.6) is 0 Å². The minimum Gasteiger partial charge on any atom is -0.379 e. The van der Waals surface area contributed by atoms with Crippen molar-refractivity contribution in [2.75, 3.05) is 51.3 Å². The Morgan fingerprint density at radius 1 is 1.16 bits per heavy atom. The standard InChI is InChI=1S/C19H27N3O3/c1-15-5-7-22(8-6-15)19(24)16-3-2-4-17(13-16)20-18(23)14-21-9-11-25-12-10-21/h2-4,13,15H,5-12,14H2,1H3,(H,20,23). The smallest absolute Gasteiger partial charge is 0.253 e. The molecule has 6 nitrogen and oxygen atoms in total. The van der Waals surface area contributed by atoms with Gasteiger partial charge in [-0.05, 0) is 37.0 Å². The van der Waals surface area contributed by atoms with Gasteiger partial charge in [-0.15, -0.1) is 0 Å². The van der Waals surface area contributed by atoms with Crippen molar-refractivity contribution in [3.63, 3.8) is 0 Å². The molecule has 1 aromatic carbocycles. The third kappa shape index (κ3) is 5.03. The SMILES string of the molecule is CC1CCN(C(=O)c2cccc(NC(=O)CN3CCOCC3)c2)CC1. The lowest BCUT2D eigenvalue weighted by molar-refractivity contribution is -0.118. The molecule has 0 unspecified atom stereocenters. The van der Waals surface area contributed by atoms with E-state index in [1.807, 2.05) is 23.1 Å². The average Bonchev–Trinajstić information content (AvgIpc) is 2.63. The number of carbonyl (C=O) groups excluding carboxylic acids is 2. The number of ether oxygens (including phenoxy) is 1. The van der Waals surface area contributed by atoms with Gasteiger partial charge in [0, 0.05) is 37.4 Å². The number of nitrogens with zero attached hydrogens (tertiary/aromatic N) is 2. The second-order valence-corrected chi connectivity index (χ2v) is 6.99. The molecule has 2 fully saturated rings. The molecular weight excluding hydrogens is 318 g/mol. The molecule has 1 aromatic rings. The minimum atomic E-state index is -0.0571. The van der Waals surface area contributed by atoms with Crippen LogP contribution in [0, 0.1) is 5.92 Å². The molecule has 3 rings (SSSR count). The van der Waals surface area contributed by atoms with Crippen molar-refractivity contribution in [1.82, 2.24) is 9.80 Å². The van der Waals surface area contributed by atoms with Crippen LogP contribution in [0.2, 0.25) is 0 Å². The summed E-state index contributed by atoms with van der Waals surface area (Å²) in [5, 5.41) is 2.90. The number of hydrogen-bond acceptors (Lipinski definition) is 4. The highest BCUT2D eigenvalue weighted by Crippen LogP contribution is 2.19. The van der Waals surface area contributed by atoms with E-state index in [0.29, 0.717) is 36.9 Å². The molecule has 0 bridgehead atoms. The molecule has 0 aromatic heterocycles. The summed E-state index contributed by atoms with van der Waals surface area (Å²) in [5.74, 6) is 0.685. The van der Waals surface area contributed by atoms with Gasteiger partial charge in [-0.1, -0.05) is 13.0 Å². The molecular formula is C19H27N3O3. The number of benzene rings is 1. The maximum Gasteiger partial charge on any atom is 0.253 e. The van der Waals surface area contributed by atoms with Gasteiger partial charge in [-0.2, -0.15) is 0 Å². The number of carbonyl (C=O) groups is 2. The molecule has 1 N–H and O–H groups in total. The van der Waals surface area contributed by atoms with Crippen LogP contribution >= 0.6 is 0 Å². The largest absolute Gasteiger partial charge is 0.379 e. The Bertz CT molecular complexity index is 606. The van der Waals surface area contributed by atoms with E-state index < -0.39 is 0 Å². The number of amides is 2. The maximum absolute atomic E-state index is 12.7. The fraction of sp³-hybridized carbons (Fsp3) is 0.579. The molecule has 2 amide bonds. The van der Waals surface area contributed by atoms with E-state index in [2.05, 4.69) is 17.1 Å². The van der Waals surface area contributed by atoms with Crippen LogP contribution in [0.15, 0.2) is 24.3 Å². The zero-order valence-corrected chi connectivity index (χ0v) is 14.9. The van der Waals surface area contributed by atoms with Gasteiger partial charge in [0.1, 0.15) is 0 Å². The second-order valence-electron chi connectivity index (χ2n) is 6.99. The summed E-state index contributed by atoms with van der Waals surface area (Å²) in [5.41, 5.74) is 1.31. The molecule has 0 aliphatic carbocycles. The number of hydrogen-bond donors (Lipinski definition) is 1. The monoisotopic (exact) mass is 345 g/mol. The van der Waals surface area contributed by atoms with Crippen LogP contribution in [0.4, 0.5) is 5.69 Å². The predicted molar refractivity (Wildman–Crippen MR) is 96.6 cm³/mol. The number of anilines is 1. The lowest BCUT2D eigenvalue weighted by Gasteiger charge is -2.30. The van der Waals surface area contributed by atoms with E-state index in [9.17, 15) is 9.59 Å². The van der Waals surface area contributed by atoms with Gasteiger partial charge in [0.25, 0.3) is 5.91 Å². The first-order valence-corrected chi connectivity index (χ1v) is 9.11. The van der Waals surface area contributed by atoms with E-state index in [1.54, 1.807) is 6.07 Å². The van der Waals surface area contributed by atoms with Gasteiger partial charge in [-0.3, -0.25) is 14.5 Å². The van der Waals surface area contributed by atoms with Crippen molar-refractivity contribution < 1.29 is 14.3 Å². The van der Waals surface area contributed by atoms with E-state index in [0.717, 1.165) is 39.0 Å². The van der Waals surface area contributed by atoms with Crippen molar-refractivity contribution in [2.45, 2.75) is 19.8 Å². The minimum absolute atomic E-state index is 0.0520. The Morgan fingerprint density at radius 2 is 1.88 bits per heavy atom. The van der Waals surface area contributed by atoms with E-state index >= 15 is 0 Å². The number of piperidine rings is 1. The number of rotatable bonds is 4. The lowest BCUT2D eigenvalue weighted by atomic mass is 9.98. The molecule has 2 heterocycles. The Labute approximate surface area is 149 Å². The molecule has 2 aliphatic heterocycles. The van der Waals surface area contributed by atoms with Gasteiger partial charge in [0.15, 0.2) is 0 Å². The highest BCUT2D eigenvalue weighted by Gasteiger charge is 2.21. The summed E-state index contributed by atoms with van der Waals surface area (Å²) in [7, 11) is 0. The van der Waals surface area contributed by atoms with Crippen LogP contribution < -0.4 is 5.32 Å². The van der Waals surface area contributed by atoms with E-state index in [-0.39, 0.29) is 11.8 Å². The summed E-state index contributed by atoms with van der Waals surface area (Å²) in [6.07, 6.45) is 2.11.